The van der Waals surface area contributed by atoms with E-state index in [1.165, 1.54) is 16.4 Å². The average molecular weight is 341 g/mol. The second-order valence-electron chi connectivity index (χ2n) is 5.70. The summed E-state index contributed by atoms with van der Waals surface area (Å²) < 4.78 is 37.8. The lowest BCUT2D eigenvalue weighted by Crippen LogP contribution is -2.42. The maximum Gasteiger partial charge on any atom is 0.307 e. The molecule has 8 heteroatoms. The summed E-state index contributed by atoms with van der Waals surface area (Å²) in [7, 11) is -3.74. The molecule has 1 fully saturated rings. The molecule has 0 spiro atoms. The van der Waals surface area contributed by atoms with Crippen molar-refractivity contribution in [3.63, 3.8) is 0 Å². The van der Waals surface area contributed by atoms with Crippen LogP contribution in [0.25, 0.3) is 0 Å². The molecule has 0 aromatic heterocycles. The van der Waals surface area contributed by atoms with Gasteiger partial charge in [-0.15, -0.1) is 0 Å². The Bertz CT molecular complexity index is 702. The molecule has 7 nitrogen and oxygen atoms in total. The van der Waals surface area contributed by atoms with Crippen LogP contribution in [0.5, 0.6) is 11.5 Å². The minimum atomic E-state index is -3.74. The van der Waals surface area contributed by atoms with Crippen LogP contribution in [0.4, 0.5) is 0 Å². The number of piperidine rings is 1. The highest BCUT2D eigenvalue weighted by Gasteiger charge is 2.33. The van der Waals surface area contributed by atoms with Gasteiger partial charge in [0, 0.05) is 25.6 Å². The summed E-state index contributed by atoms with van der Waals surface area (Å²) in [4.78, 5) is 11.2. The molecular formula is C15H19NO6S. The van der Waals surface area contributed by atoms with Gasteiger partial charge in [0.15, 0.2) is 11.5 Å². The average Bonchev–Trinajstić information content (AvgIpc) is 2.79. The summed E-state index contributed by atoms with van der Waals surface area (Å²) in [5.41, 5.74) is 0. The molecule has 2 aliphatic rings. The van der Waals surface area contributed by atoms with Gasteiger partial charge in [-0.05, 0) is 25.0 Å². The first-order valence-electron chi connectivity index (χ1n) is 7.61. The summed E-state index contributed by atoms with van der Waals surface area (Å²) in [6.07, 6.45) is 1.78. The lowest BCUT2D eigenvalue weighted by Gasteiger charge is -2.29. The van der Waals surface area contributed by atoms with Gasteiger partial charge < -0.3 is 14.6 Å². The van der Waals surface area contributed by atoms with Gasteiger partial charge in [0.05, 0.1) is 24.0 Å². The minimum absolute atomic E-state index is 0.00606. The third-order valence-corrected chi connectivity index (χ3v) is 5.95. The first kappa shape index (κ1) is 16.1. The standard InChI is InChI=1S/C15H19NO6S/c17-15(18)11-3-1-6-16(10-11)23(19,20)12-4-5-13-14(9-12)22-8-2-7-21-13/h4-5,9,11H,1-3,6-8,10H2,(H,17,18)/t11-/m1/s1. The Hall–Kier alpha value is -1.80. The fourth-order valence-corrected chi connectivity index (χ4v) is 4.36. The summed E-state index contributed by atoms with van der Waals surface area (Å²) in [6.45, 7) is 1.35. The van der Waals surface area contributed by atoms with Gasteiger partial charge in [0.25, 0.3) is 0 Å². The van der Waals surface area contributed by atoms with Gasteiger partial charge in [-0.25, -0.2) is 8.42 Å². The molecule has 126 valence electrons. The Balaban J connectivity index is 1.87. The first-order chi connectivity index (χ1) is 11.0. The molecule has 23 heavy (non-hydrogen) atoms. The number of ether oxygens (including phenoxy) is 2. The van der Waals surface area contributed by atoms with Crippen molar-refractivity contribution in [2.24, 2.45) is 5.92 Å². The van der Waals surface area contributed by atoms with Crippen molar-refractivity contribution < 1.29 is 27.8 Å². The molecule has 2 heterocycles. The zero-order valence-corrected chi connectivity index (χ0v) is 13.4. The Morgan fingerprint density at radius 2 is 1.91 bits per heavy atom. The summed E-state index contributed by atoms with van der Waals surface area (Å²) in [5.74, 6) is -0.665. The van der Waals surface area contributed by atoms with E-state index >= 15 is 0 Å². The lowest BCUT2D eigenvalue weighted by molar-refractivity contribution is -0.142. The van der Waals surface area contributed by atoms with Crippen LogP contribution < -0.4 is 9.47 Å². The van der Waals surface area contributed by atoms with Gasteiger partial charge >= 0.3 is 5.97 Å². The maximum atomic E-state index is 12.8. The Kier molecular flexibility index (Phi) is 4.45. The summed E-state index contributed by atoms with van der Waals surface area (Å²) in [5, 5.41) is 9.12. The van der Waals surface area contributed by atoms with E-state index in [2.05, 4.69) is 0 Å². The van der Waals surface area contributed by atoms with Crippen LogP contribution in [-0.4, -0.2) is 50.1 Å². The van der Waals surface area contributed by atoms with Crippen molar-refractivity contribution in [2.75, 3.05) is 26.3 Å². The Morgan fingerprint density at radius 3 is 2.65 bits per heavy atom. The number of carboxylic acids is 1. The molecular weight excluding hydrogens is 322 g/mol. The molecule has 0 radical (unpaired) electrons. The molecule has 1 saturated heterocycles. The topological polar surface area (TPSA) is 93.1 Å². The zero-order chi connectivity index (χ0) is 16.4. The molecule has 2 aliphatic heterocycles. The SMILES string of the molecule is O=C(O)[C@@H]1CCCN(S(=O)(=O)c2ccc3c(c2)OCCCO3)C1. The predicted molar refractivity (Wildman–Crippen MR) is 81.2 cm³/mol. The third kappa shape index (κ3) is 3.28. The van der Waals surface area contributed by atoms with Crippen molar-refractivity contribution >= 4 is 16.0 Å². The largest absolute Gasteiger partial charge is 0.490 e. The highest BCUT2D eigenvalue weighted by Crippen LogP contribution is 2.33. The van der Waals surface area contributed by atoms with Crippen LogP contribution in [0.1, 0.15) is 19.3 Å². The van der Waals surface area contributed by atoms with Crippen LogP contribution in [0.3, 0.4) is 0 Å². The maximum absolute atomic E-state index is 12.8. The third-order valence-electron chi connectivity index (χ3n) is 4.09. The molecule has 3 rings (SSSR count). The van der Waals surface area contributed by atoms with Crippen molar-refractivity contribution in [1.29, 1.82) is 0 Å². The predicted octanol–water partition coefficient (Wildman–Crippen LogP) is 1.33. The quantitative estimate of drug-likeness (QED) is 0.891. The number of benzene rings is 1. The fourth-order valence-electron chi connectivity index (χ4n) is 2.82. The summed E-state index contributed by atoms with van der Waals surface area (Å²) >= 11 is 0. The number of sulfonamides is 1. The van der Waals surface area contributed by atoms with E-state index in [4.69, 9.17) is 14.6 Å². The van der Waals surface area contributed by atoms with E-state index in [1.807, 2.05) is 0 Å². The number of fused-ring (bicyclic) bond motifs is 1. The Morgan fingerprint density at radius 1 is 1.17 bits per heavy atom. The van der Waals surface area contributed by atoms with E-state index in [0.717, 1.165) is 6.42 Å². The number of carboxylic acid groups (broad SMARTS) is 1. The molecule has 0 unspecified atom stereocenters. The molecule has 0 bridgehead atoms. The highest BCUT2D eigenvalue weighted by molar-refractivity contribution is 7.89. The number of hydrogen-bond donors (Lipinski definition) is 1. The van der Waals surface area contributed by atoms with Gasteiger partial charge in [-0.1, -0.05) is 0 Å². The van der Waals surface area contributed by atoms with Crippen molar-refractivity contribution in [3.8, 4) is 11.5 Å². The number of aliphatic carboxylic acids is 1. The first-order valence-corrected chi connectivity index (χ1v) is 9.05. The lowest BCUT2D eigenvalue weighted by atomic mass is 10.0. The second-order valence-corrected chi connectivity index (χ2v) is 7.64. The van der Waals surface area contributed by atoms with E-state index in [-0.39, 0.29) is 11.4 Å². The van der Waals surface area contributed by atoms with Gasteiger partial charge in [-0.2, -0.15) is 4.31 Å². The molecule has 1 aromatic rings. The fraction of sp³-hybridized carbons (Fsp3) is 0.533. The minimum Gasteiger partial charge on any atom is -0.490 e. The van der Waals surface area contributed by atoms with Crippen molar-refractivity contribution in [1.82, 2.24) is 4.31 Å². The molecule has 0 aliphatic carbocycles. The van der Waals surface area contributed by atoms with Gasteiger partial charge in [0.1, 0.15) is 0 Å². The Labute approximate surface area is 134 Å². The van der Waals surface area contributed by atoms with E-state index in [9.17, 15) is 13.2 Å². The smallest absolute Gasteiger partial charge is 0.307 e. The molecule has 1 N–H and O–H groups in total. The highest BCUT2D eigenvalue weighted by atomic mass is 32.2. The number of nitrogens with zero attached hydrogens (tertiary/aromatic N) is 1. The normalized spacial score (nSPS) is 22.3. The molecule has 1 atom stereocenters. The van der Waals surface area contributed by atoms with Crippen molar-refractivity contribution in [2.45, 2.75) is 24.2 Å². The number of rotatable bonds is 3. The van der Waals surface area contributed by atoms with Crippen LogP contribution in [0.15, 0.2) is 23.1 Å². The van der Waals surface area contributed by atoms with Crippen LogP contribution in [-0.2, 0) is 14.8 Å². The van der Waals surface area contributed by atoms with Crippen molar-refractivity contribution in [3.05, 3.63) is 18.2 Å². The zero-order valence-electron chi connectivity index (χ0n) is 12.6. The van der Waals surface area contributed by atoms with Crippen LogP contribution in [0, 0.1) is 5.92 Å². The second kappa shape index (κ2) is 6.37. The van der Waals surface area contributed by atoms with Gasteiger partial charge in [0.2, 0.25) is 10.0 Å². The van der Waals surface area contributed by atoms with Crippen LogP contribution >= 0.6 is 0 Å². The van der Waals surface area contributed by atoms with E-state index in [1.54, 1.807) is 6.07 Å². The summed E-state index contributed by atoms with van der Waals surface area (Å²) in [6, 6.07) is 4.53. The number of hydrogen-bond acceptors (Lipinski definition) is 5. The van der Waals surface area contributed by atoms with Crippen LogP contribution in [0.2, 0.25) is 0 Å². The van der Waals surface area contributed by atoms with Gasteiger partial charge in [-0.3, -0.25) is 4.79 Å². The molecule has 0 saturated carbocycles. The number of carbonyl (C=O) groups is 1. The van der Waals surface area contributed by atoms with E-state index < -0.39 is 21.9 Å². The molecule has 0 amide bonds. The molecule has 1 aromatic carbocycles. The monoisotopic (exact) mass is 341 g/mol. The van der Waals surface area contributed by atoms with E-state index in [0.29, 0.717) is 44.1 Å².